The molecule has 1 amide bonds. The van der Waals surface area contributed by atoms with Crippen molar-refractivity contribution in [2.24, 2.45) is 5.73 Å². The number of nitrogen functional groups attached to an aromatic ring is 1. The van der Waals surface area contributed by atoms with E-state index in [1.165, 1.54) is 11.3 Å². The van der Waals surface area contributed by atoms with E-state index in [9.17, 15) is 4.79 Å². The Balaban J connectivity index is 2.40. The van der Waals surface area contributed by atoms with Gasteiger partial charge in [-0.15, -0.1) is 11.3 Å². The first-order valence-electron chi connectivity index (χ1n) is 4.95. The van der Waals surface area contributed by atoms with Gasteiger partial charge < -0.3 is 16.8 Å². The largest absolute Gasteiger partial charge is 0.397 e. The molecular weight excluding hydrogens is 236 g/mol. The first-order valence-corrected chi connectivity index (χ1v) is 5.77. The van der Waals surface area contributed by atoms with Gasteiger partial charge in [0, 0.05) is 11.1 Å². The Hall–Kier alpha value is -2.08. The van der Waals surface area contributed by atoms with E-state index >= 15 is 0 Å². The van der Waals surface area contributed by atoms with Crippen molar-refractivity contribution >= 4 is 33.8 Å². The maximum atomic E-state index is 11.3. The maximum absolute atomic E-state index is 11.3. The maximum Gasteiger partial charge on any atom is 0.250 e. The lowest BCUT2D eigenvalue weighted by Gasteiger charge is -2.10. The van der Waals surface area contributed by atoms with Gasteiger partial charge in [-0.1, -0.05) is 6.07 Å². The van der Waals surface area contributed by atoms with Crippen molar-refractivity contribution in [2.75, 3.05) is 11.1 Å². The lowest BCUT2D eigenvalue weighted by Crippen LogP contribution is -2.14. The van der Waals surface area contributed by atoms with Crippen molar-refractivity contribution < 1.29 is 4.79 Å². The zero-order valence-corrected chi connectivity index (χ0v) is 10.0. The summed E-state index contributed by atoms with van der Waals surface area (Å²) in [5.41, 5.74) is 12.4. The quantitative estimate of drug-likeness (QED) is 0.723. The van der Waals surface area contributed by atoms with Crippen LogP contribution in [0.25, 0.3) is 0 Å². The minimum Gasteiger partial charge on any atom is -0.397 e. The first-order chi connectivity index (χ1) is 8.08. The molecule has 1 aromatic heterocycles. The number of nitrogens with two attached hydrogens (primary N) is 2. The predicted octanol–water partition coefficient (Wildman–Crippen LogP) is 1.88. The Morgan fingerprint density at radius 2 is 2.24 bits per heavy atom. The summed E-state index contributed by atoms with van der Waals surface area (Å²) >= 11 is 1.48. The fourth-order valence-electron chi connectivity index (χ4n) is 1.43. The summed E-state index contributed by atoms with van der Waals surface area (Å²) in [5, 5.41) is 3.71. The summed E-state index contributed by atoms with van der Waals surface area (Å²) in [6.45, 7) is 1.95. The average molecular weight is 248 g/mol. The molecule has 6 heteroatoms. The molecule has 88 valence electrons. The third-order valence-corrected chi connectivity index (χ3v) is 3.04. The molecule has 0 aliphatic carbocycles. The molecule has 0 spiro atoms. The summed E-state index contributed by atoms with van der Waals surface area (Å²) in [6, 6.07) is 5.02. The fraction of sp³-hybridized carbons (Fsp3) is 0.0909. The number of nitrogens with one attached hydrogen (secondary N) is 1. The van der Waals surface area contributed by atoms with E-state index in [0.717, 1.165) is 4.88 Å². The van der Waals surface area contributed by atoms with Crippen molar-refractivity contribution in [2.45, 2.75) is 6.92 Å². The van der Waals surface area contributed by atoms with Crippen LogP contribution in [0.4, 0.5) is 16.5 Å². The molecule has 0 radical (unpaired) electrons. The minimum atomic E-state index is -0.520. The van der Waals surface area contributed by atoms with Gasteiger partial charge in [0.1, 0.15) is 0 Å². The van der Waals surface area contributed by atoms with Crippen LogP contribution >= 0.6 is 11.3 Å². The Bertz CT molecular complexity index is 564. The van der Waals surface area contributed by atoms with Gasteiger partial charge in [-0.2, -0.15) is 0 Å². The molecule has 2 aromatic rings. The molecule has 0 unspecified atom stereocenters. The molecule has 5 nitrogen and oxygen atoms in total. The number of rotatable bonds is 3. The molecule has 5 N–H and O–H groups in total. The Labute approximate surface area is 102 Å². The van der Waals surface area contributed by atoms with E-state index in [-0.39, 0.29) is 0 Å². The van der Waals surface area contributed by atoms with Gasteiger partial charge in [-0.3, -0.25) is 4.79 Å². The molecule has 0 fully saturated rings. The summed E-state index contributed by atoms with van der Waals surface area (Å²) in [7, 11) is 0. The number of thiazole rings is 1. The highest BCUT2D eigenvalue weighted by molar-refractivity contribution is 7.15. The van der Waals surface area contributed by atoms with Crippen LogP contribution in [0, 0.1) is 6.92 Å². The van der Waals surface area contributed by atoms with Gasteiger partial charge in [-0.25, -0.2) is 4.98 Å². The Morgan fingerprint density at radius 3 is 2.82 bits per heavy atom. The molecule has 0 aliphatic heterocycles. The third-order valence-electron chi connectivity index (χ3n) is 2.22. The highest BCUT2D eigenvalue weighted by Crippen LogP contribution is 2.29. The molecule has 17 heavy (non-hydrogen) atoms. The molecular formula is C11H12N4OS. The smallest absolute Gasteiger partial charge is 0.250 e. The normalized spacial score (nSPS) is 10.2. The topological polar surface area (TPSA) is 94.0 Å². The number of aromatic nitrogens is 1. The third kappa shape index (κ3) is 2.36. The van der Waals surface area contributed by atoms with Gasteiger partial charge in [0.05, 0.1) is 16.9 Å². The van der Waals surface area contributed by atoms with E-state index in [1.54, 1.807) is 24.4 Å². The van der Waals surface area contributed by atoms with Crippen molar-refractivity contribution in [1.29, 1.82) is 0 Å². The lowest BCUT2D eigenvalue weighted by atomic mass is 10.1. The Morgan fingerprint density at radius 1 is 1.47 bits per heavy atom. The molecule has 1 heterocycles. The summed E-state index contributed by atoms with van der Waals surface area (Å²) < 4.78 is 0. The summed E-state index contributed by atoms with van der Waals surface area (Å²) in [4.78, 5) is 16.5. The lowest BCUT2D eigenvalue weighted by molar-refractivity contribution is 0.100. The van der Waals surface area contributed by atoms with Crippen LogP contribution < -0.4 is 16.8 Å². The van der Waals surface area contributed by atoms with Crippen LogP contribution in [-0.2, 0) is 0 Å². The molecule has 0 bridgehead atoms. The number of amides is 1. The second-order valence-electron chi connectivity index (χ2n) is 3.54. The predicted molar refractivity (Wildman–Crippen MR) is 69.5 cm³/mol. The number of hydrogen-bond acceptors (Lipinski definition) is 5. The van der Waals surface area contributed by atoms with Crippen molar-refractivity contribution in [1.82, 2.24) is 4.98 Å². The van der Waals surface area contributed by atoms with Crippen LogP contribution in [0.5, 0.6) is 0 Å². The van der Waals surface area contributed by atoms with Crippen LogP contribution in [0.2, 0.25) is 0 Å². The second kappa shape index (κ2) is 4.42. The van der Waals surface area contributed by atoms with E-state index in [0.29, 0.717) is 22.1 Å². The molecule has 1 aromatic carbocycles. The van der Waals surface area contributed by atoms with Crippen LogP contribution in [-0.4, -0.2) is 10.9 Å². The van der Waals surface area contributed by atoms with E-state index in [4.69, 9.17) is 11.5 Å². The monoisotopic (exact) mass is 248 g/mol. The van der Waals surface area contributed by atoms with E-state index < -0.39 is 5.91 Å². The zero-order valence-electron chi connectivity index (χ0n) is 9.23. The number of carbonyl (C=O) groups excluding carboxylic acids is 1. The van der Waals surface area contributed by atoms with Gasteiger partial charge in [0.2, 0.25) is 0 Å². The number of nitrogens with zero attached hydrogens (tertiary/aromatic N) is 1. The van der Waals surface area contributed by atoms with Gasteiger partial charge >= 0.3 is 0 Å². The van der Waals surface area contributed by atoms with Crippen molar-refractivity contribution in [3.05, 3.63) is 34.8 Å². The highest BCUT2D eigenvalue weighted by Gasteiger charge is 2.12. The SMILES string of the molecule is Cc1cnc(Nc2c(N)cccc2C(N)=O)s1. The van der Waals surface area contributed by atoms with Gasteiger partial charge in [0.15, 0.2) is 5.13 Å². The summed E-state index contributed by atoms with van der Waals surface area (Å²) in [5.74, 6) is -0.520. The van der Waals surface area contributed by atoms with E-state index in [1.807, 2.05) is 6.92 Å². The first kappa shape index (κ1) is 11.4. The van der Waals surface area contributed by atoms with E-state index in [2.05, 4.69) is 10.3 Å². The number of anilines is 3. The fourth-order valence-corrected chi connectivity index (χ4v) is 2.10. The van der Waals surface area contributed by atoms with Gasteiger partial charge in [0.25, 0.3) is 5.91 Å². The number of primary amides is 1. The standard InChI is InChI=1S/C11H12N4OS/c1-6-5-14-11(17-6)15-9-7(10(13)16)3-2-4-8(9)12/h2-5H,12H2,1H3,(H2,13,16)(H,14,15). The number of benzene rings is 1. The molecule has 2 rings (SSSR count). The average Bonchev–Trinajstić information content (AvgIpc) is 2.67. The minimum absolute atomic E-state index is 0.359. The number of carbonyl (C=O) groups is 1. The molecule has 0 saturated heterocycles. The van der Waals surface area contributed by atoms with Crippen LogP contribution in [0.1, 0.15) is 15.2 Å². The zero-order chi connectivity index (χ0) is 12.4. The highest BCUT2D eigenvalue weighted by atomic mass is 32.1. The number of aryl methyl sites for hydroxylation is 1. The number of para-hydroxylation sites is 1. The van der Waals surface area contributed by atoms with Crippen molar-refractivity contribution in [3.8, 4) is 0 Å². The van der Waals surface area contributed by atoms with Crippen LogP contribution in [0.3, 0.4) is 0 Å². The van der Waals surface area contributed by atoms with Gasteiger partial charge in [-0.05, 0) is 19.1 Å². The second-order valence-corrected chi connectivity index (χ2v) is 4.77. The van der Waals surface area contributed by atoms with Crippen molar-refractivity contribution in [3.63, 3.8) is 0 Å². The molecule has 0 saturated carbocycles. The Kier molecular flexibility index (Phi) is 2.97. The van der Waals surface area contributed by atoms with Crippen LogP contribution in [0.15, 0.2) is 24.4 Å². The number of hydrogen-bond donors (Lipinski definition) is 3. The molecule has 0 atom stereocenters. The summed E-state index contributed by atoms with van der Waals surface area (Å²) in [6.07, 6.45) is 1.75. The molecule has 0 aliphatic rings.